The third-order valence-corrected chi connectivity index (χ3v) is 3.54. The van der Waals surface area contributed by atoms with Gasteiger partial charge in [-0.25, -0.2) is 0 Å². The zero-order valence-corrected chi connectivity index (χ0v) is 15.1. The zero-order valence-electron chi connectivity index (χ0n) is 15.1. The van der Waals surface area contributed by atoms with Crippen molar-refractivity contribution in [2.45, 2.75) is 33.3 Å². The highest BCUT2D eigenvalue weighted by Crippen LogP contribution is 2.09. The molecule has 1 aromatic carbocycles. The van der Waals surface area contributed by atoms with Crippen LogP contribution in [0.2, 0.25) is 0 Å². The van der Waals surface area contributed by atoms with Crippen molar-refractivity contribution in [3.8, 4) is 0 Å². The molecule has 1 aromatic rings. The molecule has 0 bridgehead atoms. The Morgan fingerprint density at radius 3 is 2.50 bits per heavy atom. The summed E-state index contributed by atoms with van der Waals surface area (Å²) in [7, 11) is 1.69. The number of nitrogens with one attached hydrogen (secondary N) is 3. The van der Waals surface area contributed by atoms with Crippen molar-refractivity contribution >= 4 is 17.6 Å². The van der Waals surface area contributed by atoms with Crippen LogP contribution in [-0.2, 0) is 9.53 Å². The van der Waals surface area contributed by atoms with E-state index in [0.717, 1.165) is 25.3 Å². The third-order valence-electron chi connectivity index (χ3n) is 3.54. The lowest BCUT2D eigenvalue weighted by atomic mass is 10.0. The van der Waals surface area contributed by atoms with Crippen molar-refractivity contribution in [2.75, 3.05) is 32.1 Å². The minimum Gasteiger partial charge on any atom is -0.378 e. The van der Waals surface area contributed by atoms with Gasteiger partial charge in [-0.3, -0.25) is 9.79 Å². The van der Waals surface area contributed by atoms with E-state index in [2.05, 4.69) is 34.8 Å². The fourth-order valence-corrected chi connectivity index (χ4v) is 2.27. The summed E-state index contributed by atoms with van der Waals surface area (Å²) in [5, 5.41) is 9.04. The van der Waals surface area contributed by atoms with E-state index in [4.69, 9.17) is 4.74 Å². The molecule has 1 unspecified atom stereocenters. The van der Waals surface area contributed by atoms with Crippen LogP contribution in [0.3, 0.4) is 0 Å². The van der Waals surface area contributed by atoms with Gasteiger partial charge in [0.2, 0.25) is 5.91 Å². The first-order valence-electron chi connectivity index (χ1n) is 8.47. The van der Waals surface area contributed by atoms with Gasteiger partial charge in [0.05, 0.1) is 12.6 Å². The van der Waals surface area contributed by atoms with Crippen LogP contribution in [0.5, 0.6) is 0 Å². The molecular formula is C18H30N4O2. The molecule has 0 aromatic heterocycles. The number of hydrogen-bond donors (Lipinski definition) is 3. The van der Waals surface area contributed by atoms with Crippen molar-refractivity contribution in [1.29, 1.82) is 0 Å². The van der Waals surface area contributed by atoms with E-state index >= 15 is 0 Å². The number of amides is 1. The molecule has 0 aliphatic heterocycles. The van der Waals surface area contributed by atoms with E-state index in [-0.39, 0.29) is 18.6 Å². The monoisotopic (exact) mass is 334 g/mol. The van der Waals surface area contributed by atoms with Crippen LogP contribution in [0.15, 0.2) is 35.3 Å². The van der Waals surface area contributed by atoms with Crippen molar-refractivity contribution in [2.24, 2.45) is 10.9 Å². The Bertz CT molecular complexity index is 503. The van der Waals surface area contributed by atoms with Crippen LogP contribution in [0.25, 0.3) is 0 Å². The lowest BCUT2D eigenvalue weighted by Crippen LogP contribution is -2.42. The first kappa shape index (κ1) is 20.0. The van der Waals surface area contributed by atoms with Gasteiger partial charge in [-0.1, -0.05) is 32.0 Å². The standard InChI is InChI=1S/C18H30N4O2/c1-5-24-16(14(2)3)11-12-20-18(19-4)21-13-17(23)22-15-9-7-6-8-10-15/h6-10,14,16H,5,11-13H2,1-4H3,(H,22,23)(H2,19,20,21). The molecule has 0 spiro atoms. The number of guanidine groups is 1. The number of hydrogen-bond acceptors (Lipinski definition) is 3. The van der Waals surface area contributed by atoms with E-state index in [1.54, 1.807) is 7.05 Å². The average molecular weight is 334 g/mol. The second kappa shape index (κ2) is 11.5. The number of ether oxygens (including phenoxy) is 1. The molecule has 0 saturated heterocycles. The van der Waals surface area contributed by atoms with E-state index in [9.17, 15) is 4.79 Å². The molecule has 0 heterocycles. The van der Waals surface area contributed by atoms with Gasteiger partial charge in [-0.2, -0.15) is 0 Å². The summed E-state index contributed by atoms with van der Waals surface area (Å²) in [6.45, 7) is 7.93. The minimum absolute atomic E-state index is 0.112. The number of rotatable bonds is 9. The Balaban J connectivity index is 2.30. The summed E-state index contributed by atoms with van der Waals surface area (Å²) in [6.07, 6.45) is 1.12. The van der Waals surface area contributed by atoms with Gasteiger partial charge < -0.3 is 20.7 Å². The molecule has 1 amide bonds. The van der Waals surface area contributed by atoms with Gasteiger partial charge in [0, 0.05) is 25.9 Å². The number of nitrogens with zero attached hydrogens (tertiary/aromatic N) is 1. The van der Waals surface area contributed by atoms with Gasteiger partial charge in [-0.15, -0.1) is 0 Å². The second-order valence-electron chi connectivity index (χ2n) is 5.79. The number of anilines is 1. The van der Waals surface area contributed by atoms with Crippen LogP contribution in [0, 0.1) is 5.92 Å². The van der Waals surface area contributed by atoms with Crippen molar-refractivity contribution in [3.05, 3.63) is 30.3 Å². The highest BCUT2D eigenvalue weighted by Gasteiger charge is 2.13. The third kappa shape index (κ3) is 7.97. The average Bonchev–Trinajstić information content (AvgIpc) is 2.57. The first-order chi connectivity index (χ1) is 11.6. The molecule has 0 aliphatic carbocycles. The zero-order chi connectivity index (χ0) is 17.8. The highest BCUT2D eigenvalue weighted by atomic mass is 16.5. The molecular weight excluding hydrogens is 304 g/mol. The van der Waals surface area contributed by atoms with Gasteiger partial charge in [-0.05, 0) is 31.4 Å². The summed E-state index contributed by atoms with van der Waals surface area (Å²) in [6, 6.07) is 9.38. The Labute approximate surface area is 145 Å². The predicted molar refractivity (Wildman–Crippen MR) is 99.3 cm³/mol. The van der Waals surface area contributed by atoms with Crippen molar-refractivity contribution < 1.29 is 9.53 Å². The number of aliphatic imine (C=N–C) groups is 1. The molecule has 1 atom stereocenters. The summed E-state index contributed by atoms with van der Waals surface area (Å²) in [5.74, 6) is 0.967. The molecule has 0 fully saturated rings. The lowest BCUT2D eigenvalue weighted by Gasteiger charge is -2.21. The fraction of sp³-hybridized carbons (Fsp3) is 0.556. The molecule has 134 valence electrons. The molecule has 6 nitrogen and oxygen atoms in total. The largest absolute Gasteiger partial charge is 0.378 e. The highest BCUT2D eigenvalue weighted by molar-refractivity contribution is 5.94. The van der Waals surface area contributed by atoms with Crippen LogP contribution in [0.4, 0.5) is 5.69 Å². The van der Waals surface area contributed by atoms with Gasteiger partial charge in [0.15, 0.2) is 5.96 Å². The van der Waals surface area contributed by atoms with Gasteiger partial charge >= 0.3 is 0 Å². The van der Waals surface area contributed by atoms with Crippen molar-refractivity contribution in [3.63, 3.8) is 0 Å². The second-order valence-corrected chi connectivity index (χ2v) is 5.79. The molecule has 0 aliphatic rings. The quantitative estimate of drug-likeness (QED) is 0.478. The molecule has 1 rings (SSSR count). The number of benzene rings is 1. The maximum atomic E-state index is 11.9. The minimum atomic E-state index is -0.112. The Hall–Kier alpha value is -2.08. The summed E-state index contributed by atoms with van der Waals surface area (Å²) in [4.78, 5) is 16.0. The first-order valence-corrected chi connectivity index (χ1v) is 8.47. The van der Waals surface area contributed by atoms with E-state index < -0.39 is 0 Å². The van der Waals surface area contributed by atoms with Crippen molar-refractivity contribution in [1.82, 2.24) is 10.6 Å². The molecule has 3 N–H and O–H groups in total. The van der Waals surface area contributed by atoms with E-state index in [1.165, 1.54) is 0 Å². The maximum Gasteiger partial charge on any atom is 0.243 e. The Morgan fingerprint density at radius 1 is 1.21 bits per heavy atom. The number of para-hydroxylation sites is 1. The van der Waals surface area contributed by atoms with Crippen LogP contribution in [0.1, 0.15) is 27.2 Å². The van der Waals surface area contributed by atoms with Crippen LogP contribution in [-0.4, -0.2) is 44.7 Å². The smallest absolute Gasteiger partial charge is 0.243 e. The van der Waals surface area contributed by atoms with Gasteiger partial charge in [0.25, 0.3) is 0 Å². The molecule has 24 heavy (non-hydrogen) atoms. The maximum absolute atomic E-state index is 11.9. The van der Waals surface area contributed by atoms with Crippen LogP contribution < -0.4 is 16.0 Å². The lowest BCUT2D eigenvalue weighted by molar-refractivity contribution is -0.115. The SMILES string of the molecule is CCOC(CCNC(=NC)NCC(=O)Nc1ccccc1)C(C)C. The van der Waals surface area contributed by atoms with E-state index in [1.807, 2.05) is 37.3 Å². The number of carbonyl (C=O) groups excluding carboxylic acids is 1. The summed E-state index contributed by atoms with van der Waals surface area (Å²) < 4.78 is 5.72. The summed E-state index contributed by atoms with van der Waals surface area (Å²) >= 11 is 0. The van der Waals surface area contributed by atoms with Crippen LogP contribution >= 0.6 is 0 Å². The normalized spacial score (nSPS) is 12.8. The van der Waals surface area contributed by atoms with E-state index in [0.29, 0.717) is 11.9 Å². The Kier molecular flexibility index (Phi) is 9.53. The molecule has 0 saturated carbocycles. The number of carbonyl (C=O) groups is 1. The van der Waals surface area contributed by atoms with Gasteiger partial charge in [0.1, 0.15) is 0 Å². The topological polar surface area (TPSA) is 74.8 Å². The predicted octanol–water partition coefficient (Wildman–Crippen LogP) is 2.24. The molecule has 6 heteroatoms. The fourth-order valence-electron chi connectivity index (χ4n) is 2.27. The Morgan fingerprint density at radius 2 is 1.92 bits per heavy atom. The molecule has 0 radical (unpaired) electrons. The summed E-state index contributed by atoms with van der Waals surface area (Å²) in [5.41, 5.74) is 0.781.